The molecule has 16 heavy (non-hydrogen) atoms. The van der Waals surface area contributed by atoms with Crippen LogP contribution in [-0.2, 0) is 4.74 Å². The van der Waals surface area contributed by atoms with E-state index < -0.39 is 0 Å². The van der Waals surface area contributed by atoms with Gasteiger partial charge in [0, 0.05) is 26.1 Å². The summed E-state index contributed by atoms with van der Waals surface area (Å²) in [6.45, 7) is 9.35. The highest BCUT2D eigenvalue weighted by molar-refractivity contribution is 4.84. The molecule has 1 N–H and O–H groups in total. The minimum atomic E-state index is 0.0330. The third-order valence-electron chi connectivity index (χ3n) is 3.32. The van der Waals surface area contributed by atoms with Gasteiger partial charge in [0.1, 0.15) is 0 Å². The van der Waals surface area contributed by atoms with E-state index in [0.29, 0.717) is 6.42 Å². The monoisotopic (exact) mass is 224 g/mol. The average Bonchev–Trinajstić information content (AvgIpc) is 2.62. The third kappa shape index (κ3) is 4.51. The molecule has 0 spiro atoms. The van der Waals surface area contributed by atoms with Crippen molar-refractivity contribution in [3.63, 3.8) is 0 Å². The van der Waals surface area contributed by atoms with Crippen LogP contribution >= 0.6 is 0 Å². The van der Waals surface area contributed by atoms with Crippen molar-refractivity contribution >= 4 is 0 Å². The summed E-state index contributed by atoms with van der Waals surface area (Å²) >= 11 is 0. The molecule has 0 amide bonds. The minimum absolute atomic E-state index is 0.0330. The quantitative estimate of drug-likeness (QED) is 0.754. The van der Waals surface area contributed by atoms with Gasteiger partial charge in [0.25, 0.3) is 0 Å². The summed E-state index contributed by atoms with van der Waals surface area (Å²) in [4.78, 5) is 0. The molecule has 1 unspecified atom stereocenters. The fraction of sp³-hybridized carbons (Fsp3) is 0.923. The summed E-state index contributed by atoms with van der Waals surface area (Å²) in [6.07, 6.45) is 3.92. The summed E-state index contributed by atoms with van der Waals surface area (Å²) < 4.78 is 5.72. The molecular formula is C13H24N2O. The second-order valence-electron chi connectivity index (χ2n) is 5.83. The van der Waals surface area contributed by atoms with Crippen LogP contribution < -0.4 is 5.32 Å². The fourth-order valence-electron chi connectivity index (χ4n) is 2.12. The number of ether oxygens (including phenoxy) is 1. The molecule has 0 bridgehead atoms. The first-order valence-corrected chi connectivity index (χ1v) is 6.19. The van der Waals surface area contributed by atoms with Gasteiger partial charge in [-0.05, 0) is 31.6 Å². The van der Waals surface area contributed by atoms with Gasteiger partial charge in [-0.3, -0.25) is 0 Å². The smallest absolute Gasteiger partial charge is 0.0779 e. The van der Waals surface area contributed by atoms with Crippen LogP contribution in [0.4, 0.5) is 0 Å². The Kier molecular flexibility index (Phi) is 4.76. The van der Waals surface area contributed by atoms with Gasteiger partial charge in [0.2, 0.25) is 0 Å². The Bertz CT molecular complexity index is 249. The maximum Gasteiger partial charge on any atom is 0.0779 e. The first kappa shape index (κ1) is 13.5. The Morgan fingerprint density at radius 3 is 2.81 bits per heavy atom. The van der Waals surface area contributed by atoms with Crippen molar-refractivity contribution in [1.29, 1.82) is 5.26 Å². The first-order valence-electron chi connectivity index (χ1n) is 6.19. The molecule has 0 aromatic carbocycles. The van der Waals surface area contributed by atoms with E-state index in [2.05, 4.69) is 32.2 Å². The molecule has 1 heterocycles. The highest BCUT2D eigenvalue weighted by Gasteiger charge is 2.29. The standard InChI is InChI=1S/C13H24N2O/c1-12(2,6-4-8-14)10-15-11-13(3)7-5-9-16-13/h15H,4-7,9-11H2,1-3H3. The Morgan fingerprint density at radius 2 is 2.25 bits per heavy atom. The zero-order chi connectivity index (χ0) is 12.1. The van der Waals surface area contributed by atoms with Gasteiger partial charge >= 0.3 is 0 Å². The molecule has 1 aliphatic rings. The average molecular weight is 224 g/mol. The number of rotatable bonds is 6. The molecule has 0 saturated carbocycles. The van der Waals surface area contributed by atoms with E-state index in [9.17, 15) is 0 Å². The molecule has 3 heteroatoms. The van der Waals surface area contributed by atoms with Crippen LogP contribution in [0.15, 0.2) is 0 Å². The van der Waals surface area contributed by atoms with Gasteiger partial charge in [0.15, 0.2) is 0 Å². The van der Waals surface area contributed by atoms with E-state index >= 15 is 0 Å². The van der Waals surface area contributed by atoms with E-state index in [4.69, 9.17) is 10.00 Å². The normalized spacial score (nSPS) is 25.6. The fourth-order valence-corrected chi connectivity index (χ4v) is 2.12. The van der Waals surface area contributed by atoms with Crippen molar-refractivity contribution in [2.45, 2.75) is 52.1 Å². The van der Waals surface area contributed by atoms with Crippen LogP contribution in [0.1, 0.15) is 46.5 Å². The van der Waals surface area contributed by atoms with Gasteiger partial charge < -0.3 is 10.1 Å². The predicted octanol–water partition coefficient (Wildman–Crippen LogP) is 2.48. The van der Waals surface area contributed by atoms with Crippen LogP contribution in [0.25, 0.3) is 0 Å². The van der Waals surface area contributed by atoms with Crippen LogP contribution in [-0.4, -0.2) is 25.3 Å². The molecule has 1 atom stereocenters. The van der Waals surface area contributed by atoms with Crippen molar-refractivity contribution in [3.8, 4) is 6.07 Å². The molecule has 1 rings (SSSR count). The van der Waals surface area contributed by atoms with Crippen molar-refractivity contribution < 1.29 is 4.74 Å². The Hall–Kier alpha value is -0.590. The molecular weight excluding hydrogens is 200 g/mol. The van der Waals surface area contributed by atoms with Crippen LogP contribution in [0, 0.1) is 16.7 Å². The van der Waals surface area contributed by atoms with E-state index in [1.165, 1.54) is 6.42 Å². The topological polar surface area (TPSA) is 45.0 Å². The van der Waals surface area contributed by atoms with Crippen molar-refractivity contribution in [2.75, 3.05) is 19.7 Å². The van der Waals surface area contributed by atoms with E-state index in [-0.39, 0.29) is 11.0 Å². The summed E-state index contributed by atoms with van der Waals surface area (Å²) in [5.74, 6) is 0. The van der Waals surface area contributed by atoms with Crippen molar-refractivity contribution in [2.24, 2.45) is 5.41 Å². The number of nitrogens with zero attached hydrogens (tertiary/aromatic N) is 1. The van der Waals surface area contributed by atoms with Gasteiger partial charge in [-0.25, -0.2) is 0 Å². The molecule has 92 valence electrons. The summed E-state index contributed by atoms with van der Waals surface area (Å²) in [6, 6.07) is 2.21. The van der Waals surface area contributed by atoms with Crippen molar-refractivity contribution in [1.82, 2.24) is 5.32 Å². The Labute approximate surface area is 99.2 Å². The number of nitrogens with one attached hydrogen (secondary N) is 1. The predicted molar refractivity (Wildman–Crippen MR) is 65.1 cm³/mol. The number of hydrogen-bond acceptors (Lipinski definition) is 3. The van der Waals surface area contributed by atoms with Crippen LogP contribution in [0.3, 0.4) is 0 Å². The SMILES string of the molecule is CC(C)(CCC#N)CNCC1(C)CCCO1. The van der Waals surface area contributed by atoms with Gasteiger partial charge in [-0.2, -0.15) is 5.26 Å². The largest absolute Gasteiger partial charge is 0.374 e. The second kappa shape index (κ2) is 5.65. The highest BCUT2D eigenvalue weighted by atomic mass is 16.5. The Morgan fingerprint density at radius 1 is 1.50 bits per heavy atom. The molecule has 3 nitrogen and oxygen atoms in total. The van der Waals surface area contributed by atoms with Crippen molar-refractivity contribution in [3.05, 3.63) is 0 Å². The molecule has 0 aliphatic carbocycles. The zero-order valence-electron chi connectivity index (χ0n) is 10.8. The van der Waals surface area contributed by atoms with Crippen LogP contribution in [0.5, 0.6) is 0 Å². The van der Waals surface area contributed by atoms with E-state index in [1.807, 2.05) is 0 Å². The lowest BCUT2D eigenvalue weighted by atomic mass is 9.87. The molecule has 1 fully saturated rings. The molecule has 1 aliphatic heterocycles. The molecule has 0 radical (unpaired) electrons. The summed E-state index contributed by atoms with van der Waals surface area (Å²) in [5, 5.41) is 12.1. The third-order valence-corrected chi connectivity index (χ3v) is 3.32. The number of nitriles is 1. The lowest BCUT2D eigenvalue weighted by Crippen LogP contribution is -2.41. The Balaban J connectivity index is 2.21. The summed E-state index contributed by atoms with van der Waals surface area (Å²) in [7, 11) is 0. The van der Waals surface area contributed by atoms with E-state index in [0.717, 1.165) is 32.5 Å². The molecule has 0 aromatic heterocycles. The lowest BCUT2D eigenvalue weighted by molar-refractivity contribution is 0.0192. The lowest BCUT2D eigenvalue weighted by Gasteiger charge is -2.28. The van der Waals surface area contributed by atoms with E-state index in [1.54, 1.807) is 0 Å². The van der Waals surface area contributed by atoms with Gasteiger partial charge in [-0.15, -0.1) is 0 Å². The summed E-state index contributed by atoms with van der Waals surface area (Å²) in [5.41, 5.74) is 0.232. The van der Waals surface area contributed by atoms with Gasteiger partial charge in [0.05, 0.1) is 11.7 Å². The maximum atomic E-state index is 8.58. The molecule has 1 saturated heterocycles. The van der Waals surface area contributed by atoms with Crippen LogP contribution in [0.2, 0.25) is 0 Å². The molecule has 0 aromatic rings. The second-order valence-corrected chi connectivity index (χ2v) is 5.83. The highest BCUT2D eigenvalue weighted by Crippen LogP contribution is 2.25. The van der Waals surface area contributed by atoms with Gasteiger partial charge in [-0.1, -0.05) is 13.8 Å². The first-order chi connectivity index (χ1) is 7.47. The minimum Gasteiger partial charge on any atom is -0.374 e. The maximum absolute atomic E-state index is 8.58. The zero-order valence-corrected chi connectivity index (χ0v) is 10.8. The number of hydrogen-bond donors (Lipinski definition) is 1.